The fourth-order valence-corrected chi connectivity index (χ4v) is 3.93. The molecule has 2 aromatic carbocycles. The van der Waals surface area contributed by atoms with Crippen molar-refractivity contribution in [3.05, 3.63) is 60.2 Å². The predicted octanol–water partition coefficient (Wildman–Crippen LogP) is 2.14. The fraction of sp³-hybridized carbons (Fsp3) is 0.435. The van der Waals surface area contributed by atoms with Gasteiger partial charge in [0.1, 0.15) is 5.75 Å². The van der Waals surface area contributed by atoms with Gasteiger partial charge in [-0.05, 0) is 43.2 Å². The second-order valence-corrected chi connectivity index (χ2v) is 7.64. The van der Waals surface area contributed by atoms with E-state index in [1.54, 1.807) is 12.1 Å². The van der Waals surface area contributed by atoms with E-state index >= 15 is 0 Å². The van der Waals surface area contributed by atoms with Crippen LogP contribution in [-0.2, 0) is 4.79 Å². The third-order valence-electron chi connectivity index (χ3n) is 5.72. The molecule has 0 radical (unpaired) electrons. The van der Waals surface area contributed by atoms with Crippen LogP contribution in [0, 0.1) is 0 Å². The number of phenolic OH excluding ortho intramolecular Hbond substituents is 1. The molecule has 0 aliphatic carbocycles. The van der Waals surface area contributed by atoms with Crippen LogP contribution in [0.4, 0.5) is 5.69 Å². The maximum absolute atomic E-state index is 12.9. The first-order chi connectivity index (χ1) is 13.6. The lowest BCUT2D eigenvalue weighted by molar-refractivity contribution is -0.914. The highest BCUT2D eigenvalue weighted by Crippen LogP contribution is 2.19. The Balaban J connectivity index is 1.55. The Labute approximate surface area is 168 Å². The molecule has 2 aromatic rings. The number of carbonyl (C=O) groups excluding carboxylic acids is 1. The second-order valence-electron chi connectivity index (χ2n) is 7.64. The molecule has 5 heteroatoms. The van der Waals surface area contributed by atoms with E-state index in [0.717, 1.165) is 44.7 Å². The molecule has 150 valence electrons. The summed E-state index contributed by atoms with van der Waals surface area (Å²) in [7, 11) is 0. The number of aromatic hydroxyl groups is 1. The zero-order valence-electron chi connectivity index (χ0n) is 16.9. The van der Waals surface area contributed by atoms with E-state index in [1.807, 2.05) is 37.3 Å². The van der Waals surface area contributed by atoms with Crippen LogP contribution in [0.1, 0.15) is 38.3 Å². The van der Waals surface area contributed by atoms with Crippen LogP contribution in [0.2, 0.25) is 0 Å². The SMILES string of the molecule is CCC[C@H](NC(=O)[C@@H](C)[NH+]1CCN(c2ccc(O)cc2)CC1)c1ccccc1. The standard InChI is InChI=1S/C23H31N3O2/c1-3-7-22(19-8-5-4-6-9-19)24-23(28)18(2)25-14-16-26(17-15-25)20-10-12-21(27)13-11-20/h4-6,8-13,18,22,27H,3,7,14-17H2,1-2H3,(H,24,28)/p+1/t18-,22+/m1/s1. The molecule has 3 rings (SSSR count). The van der Waals surface area contributed by atoms with Crippen molar-refractivity contribution in [2.24, 2.45) is 0 Å². The van der Waals surface area contributed by atoms with Gasteiger partial charge >= 0.3 is 0 Å². The normalized spacial score (nSPS) is 17.1. The van der Waals surface area contributed by atoms with Crippen molar-refractivity contribution in [1.82, 2.24) is 5.32 Å². The molecule has 1 heterocycles. The van der Waals surface area contributed by atoms with Crippen molar-refractivity contribution in [3.63, 3.8) is 0 Å². The second kappa shape index (κ2) is 9.60. The van der Waals surface area contributed by atoms with Gasteiger partial charge < -0.3 is 20.2 Å². The minimum absolute atomic E-state index is 0.0648. The van der Waals surface area contributed by atoms with Crippen LogP contribution in [0.3, 0.4) is 0 Å². The van der Waals surface area contributed by atoms with Crippen LogP contribution >= 0.6 is 0 Å². The first-order valence-corrected chi connectivity index (χ1v) is 10.3. The van der Waals surface area contributed by atoms with E-state index in [1.165, 1.54) is 10.5 Å². The molecule has 5 nitrogen and oxygen atoms in total. The topological polar surface area (TPSA) is 57.0 Å². The van der Waals surface area contributed by atoms with Crippen molar-refractivity contribution in [3.8, 4) is 5.75 Å². The first kappa shape index (κ1) is 20.2. The Kier molecular flexibility index (Phi) is 6.93. The summed E-state index contributed by atoms with van der Waals surface area (Å²) in [5.41, 5.74) is 2.30. The first-order valence-electron chi connectivity index (χ1n) is 10.3. The lowest BCUT2D eigenvalue weighted by atomic mass is 10.0. The van der Waals surface area contributed by atoms with Crippen LogP contribution in [0.25, 0.3) is 0 Å². The minimum atomic E-state index is -0.0648. The molecule has 1 fully saturated rings. The number of nitrogens with zero attached hydrogens (tertiary/aromatic N) is 1. The van der Waals surface area contributed by atoms with Crippen LogP contribution in [-0.4, -0.2) is 43.2 Å². The summed E-state index contributed by atoms with van der Waals surface area (Å²) in [6.07, 6.45) is 1.98. The number of hydrogen-bond acceptors (Lipinski definition) is 3. The van der Waals surface area contributed by atoms with E-state index in [4.69, 9.17) is 0 Å². The quantitative estimate of drug-likeness (QED) is 0.688. The lowest BCUT2D eigenvalue weighted by Gasteiger charge is -2.36. The van der Waals surface area contributed by atoms with Crippen molar-refractivity contribution in [2.45, 2.75) is 38.8 Å². The number of quaternary nitrogens is 1. The summed E-state index contributed by atoms with van der Waals surface area (Å²) >= 11 is 0. The van der Waals surface area contributed by atoms with Gasteiger partial charge in [0.25, 0.3) is 5.91 Å². The summed E-state index contributed by atoms with van der Waals surface area (Å²) < 4.78 is 0. The number of anilines is 1. The molecule has 0 aromatic heterocycles. The Morgan fingerprint density at radius 1 is 1.11 bits per heavy atom. The number of rotatable bonds is 7. The molecule has 1 saturated heterocycles. The van der Waals surface area contributed by atoms with Crippen LogP contribution in [0.15, 0.2) is 54.6 Å². The summed E-state index contributed by atoms with van der Waals surface area (Å²) in [4.78, 5) is 16.6. The van der Waals surface area contributed by atoms with E-state index in [2.05, 4.69) is 29.3 Å². The van der Waals surface area contributed by atoms with Gasteiger partial charge in [0.2, 0.25) is 0 Å². The highest BCUT2D eigenvalue weighted by atomic mass is 16.3. The largest absolute Gasteiger partial charge is 0.508 e. The molecular formula is C23H32N3O2+. The monoisotopic (exact) mass is 382 g/mol. The van der Waals surface area contributed by atoms with Crippen LogP contribution in [0.5, 0.6) is 5.75 Å². The minimum Gasteiger partial charge on any atom is -0.508 e. The highest BCUT2D eigenvalue weighted by molar-refractivity contribution is 5.80. The van der Waals surface area contributed by atoms with Gasteiger partial charge in [-0.25, -0.2) is 0 Å². The van der Waals surface area contributed by atoms with E-state index in [0.29, 0.717) is 5.75 Å². The van der Waals surface area contributed by atoms with Gasteiger partial charge in [0, 0.05) is 5.69 Å². The zero-order valence-corrected chi connectivity index (χ0v) is 16.9. The molecule has 2 atom stereocenters. The van der Waals surface area contributed by atoms with E-state index < -0.39 is 0 Å². The number of piperazine rings is 1. The lowest BCUT2D eigenvalue weighted by Crippen LogP contribution is -3.19. The Morgan fingerprint density at radius 3 is 2.36 bits per heavy atom. The highest BCUT2D eigenvalue weighted by Gasteiger charge is 2.30. The molecule has 0 unspecified atom stereocenters. The maximum atomic E-state index is 12.9. The summed E-state index contributed by atoms with van der Waals surface area (Å²) in [6.45, 7) is 7.87. The smallest absolute Gasteiger partial charge is 0.278 e. The average molecular weight is 383 g/mol. The molecule has 0 saturated carbocycles. The number of benzene rings is 2. The molecule has 1 aliphatic heterocycles. The number of nitrogens with one attached hydrogen (secondary N) is 2. The maximum Gasteiger partial charge on any atom is 0.278 e. The van der Waals surface area contributed by atoms with Crippen molar-refractivity contribution < 1.29 is 14.8 Å². The van der Waals surface area contributed by atoms with Gasteiger partial charge in [-0.15, -0.1) is 0 Å². The van der Waals surface area contributed by atoms with E-state index in [-0.39, 0.29) is 18.0 Å². The Hall–Kier alpha value is -2.53. The van der Waals surface area contributed by atoms with Crippen molar-refractivity contribution >= 4 is 11.6 Å². The molecule has 1 aliphatic rings. The molecule has 3 N–H and O–H groups in total. The number of phenols is 1. The predicted molar refractivity (Wildman–Crippen MR) is 113 cm³/mol. The van der Waals surface area contributed by atoms with Gasteiger partial charge in [0.05, 0.1) is 32.2 Å². The van der Waals surface area contributed by atoms with Gasteiger partial charge in [-0.1, -0.05) is 43.7 Å². The summed E-state index contributed by atoms with van der Waals surface area (Å²) in [5, 5.41) is 12.7. The zero-order chi connectivity index (χ0) is 19.9. The Morgan fingerprint density at radius 2 is 1.75 bits per heavy atom. The van der Waals surface area contributed by atoms with Crippen LogP contribution < -0.4 is 15.1 Å². The molecule has 1 amide bonds. The number of amides is 1. The third kappa shape index (κ3) is 5.04. The van der Waals surface area contributed by atoms with Gasteiger partial charge in [-0.3, -0.25) is 4.79 Å². The molecule has 0 spiro atoms. The van der Waals surface area contributed by atoms with Gasteiger partial charge in [-0.2, -0.15) is 0 Å². The van der Waals surface area contributed by atoms with Crippen molar-refractivity contribution in [1.29, 1.82) is 0 Å². The summed E-state index contributed by atoms with van der Waals surface area (Å²) in [6, 6.07) is 17.6. The number of carbonyl (C=O) groups is 1. The fourth-order valence-electron chi connectivity index (χ4n) is 3.93. The molecule has 0 bridgehead atoms. The van der Waals surface area contributed by atoms with E-state index in [9.17, 15) is 9.90 Å². The molecular weight excluding hydrogens is 350 g/mol. The molecule has 28 heavy (non-hydrogen) atoms. The third-order valence-corrected chi connectivity index (χ3v) is 5.72. The average Bonchev–Trinajstić information content (AvgIpc) is 2.74. The van der Waals surface area contributed by atoms with Gasteiger partial charge in [0.15, 0.2) is 6.04 Å². The van der Waals surface area contributed by atoms with Crippen molar-refractivity contribution in [2.75, 3.05) is 31.1 Å². The summed E-state index contributed by atoms with van der Waals surface area (Å²) in [5.74, 6) is 0.425. The Bertz CT molecular complexity index is 740. The number of hydrogen-bond donors (Lipinski definition) is 3.